The molecule has 1 saturated heterocycles. The van der Waals surface area contributed by atoms with E-state index in [-0.39, 0.29) is 11.9 Å². The first kappa shape index (κ1) is 19.1. The van der Waals surface area contributed by atoms with Crippen molar-refractivity contribution in [1.82, 2.24) is 24.6 Å². The van der Waals surface area contributed by atoms with Gasteiger partial charge >= 0.3 is 6.18 Å². The highest BCUT2D eigenvalue weighted by atomic mass is 19.4. The second-order valence-corrected chi connectivity index (χ2v) is 8.18. The Bertz CT molecular complexity index is 1060. The summed E-state index contributed by atoms with van der Waals surface area (Å²) in [5.41, 5.74) is 1.03. The van der Waals surface area contributed by atoms with E-state index in [1.807, 2.05) is 4.90 Å². The van der Waals surface area contributed by atoms with Gasteiger partial charge < -0.3 is 9.47 Å². The maximum Gasteiger partial charge on any atom is 0.416 e. The Kier molecular flexibility index (Phi) is 4.56. The predicted octanol–water partition coefficient (Wildman–Crippen LogP) is 4.52. The molecule has 0 spiro atoms. The molecule has 5 rings (SSSR count). The Morgan fingerprint density at radius 2 is 1.90 bits per heavy atom. The first-order chi connectivity index (χ1) is 14.4. The number of rotatable bonds is 3. The molecule has 1 amide bonds. The number of benzene rings is 1. The number of likely N-dealkylation sites (tertiary alicyclic amines) is 1. The van der Waals surface area contributed by atoms with Gasteiger partial charge in [0.2, 0.25) is 0 Å². The summed E-state index contributed by atoms with van der Waals surface area (Å²) in [6, 6.07) is 3.97. The fourth-order valence-electron chi connectivity index (χ4n) is 4.51. The van der Waals surface area contributed by atoms with Gasteiger partial charge in [-0.2, -0.15) is 18.3 Å². The van der Waals surface area contributed by atoms with Crippen LogP contribution in [0.5, 0.6) is 0 Å². The molecule has 1 saturated carbocycles. The second-order valence-electron chi connectivity index (χ2n) is 8.18. The van der Waals surface area contributed by atoms with Crippen LogP contribution in [0, 0.1) is 0 Å². The number of nitrogens with one attached hydrogen (secondary N) is 1. The van der Waals surface area contributed by atoms with Gasteiger partial charge in [-0.05, 0) is 43.9 Å². The summed E-state index contributed by atoms with van der Waals surface area (Å²) < 4.78 is 41.7. The number of H-pyrrole nitrogens is 1. The summed E-state index contributed by atoms with van der Waals surface area (Å²) in [5.74, 6) is 1.15. The molecule has 1 N–H and O–H groups in total. The van der Waals surface area contributed by atoms with Crippen LogP contribution in [0.4, 0.5) is 13.2 Å². The molecule has 2 aromatic heterocycles. The van der Waals surface area contributed by atoms with Crippen LogP contribution >= 0.6 is 0 Å². The van der Waals surface area contributed by atoms with Gasteiger partial charge in [0.05, 0.1) is 28.4 Å². The normalized spacial score (nSPS) is 18.7. The molecule has 3 aromatic rings. The van der Waals surface area contributed by atoms with Gasteiger partial charge in [-0.25, -0.2) is 4.98 Å². The number of amides is 1. The zero-order chi connectivity index (χ0) is 20.9. The molecule has 1 aliphatic heterocycles. The molecule has 3 heterocycles. The minimum absolute atomic E-state index is 0.0493. The van der Waals surface area contributed by atoms with Gasteiger partial charge in [0.15, 0.2) is 0 Å². The first-order valence-corrected chi connectivity index (χ1v) is 10.3. The van der Waals surface area contributed by atoms with Gasteiger partial charge in [0.25, 0.3) is 5.91 Å². The Labute approximate surface area is 171 Å². The van der Waals surface area contributed by atoms with Crippen LogP contribution in [0.25, 0.3) is 11.0 Å². The lowest BCUT2D eigenvalue weighted by atomic mass is 9.84. The molecule has 0 radical (unpaired) electrons. The third-order valence-electron chi connectivity index (χ3n) is 6.38. The minimum Gasteiger partial charge on any atom is -0.338 e. The van der Waals surface area contributed by atoms with E-state index in [1.165, 1.54) is 6.20 Å². The second kappa shape index (κ2) is 7.14. The lowest BCUT2D eigenvalue weighted by molar-refractivity contribution is -0.137. The number of hydrogen-bond donors (Lipinski definition) is 1. The molecule has 2 aliphatic rings. The number of alkyl halides is 3. The standard InChI is InChI=1S/C21H22F3N5O/c22-21(23,24)15-4-5-18-17(10-15)27-19(13-2-1-3-13)29(18)16-6-8-28(9-7-16)20(30)14-11-25-26-12-14/h4-5,10-13,16H,1-3,6-9H2,(H,25,26). The third-order valence-corrected chi connectivity index (χ3v) is 6.38. The van der Waals surface area contributed by atoms with Crippen molar-refractivity contribution in [2.24, 2.45) is 0 Å². The maximum absolute atomic E-state index is 13.2. The molecule has 2 fully saturated rings. The molecular weight excluding hydrogens is 395 g/mol. The maximum atomic E-state index is 13.2. The molecule has 158 valence electrons. The van der Waals surface area contributed by atoms with E-state index in [0.717, 1.165) is 55.6 Å². The highest BCUT2D eigenvalue weighted by Crippen LogP contribution is 2.41. The fraction of sp³-hybridized carbons (Fsp3) is 0.476. The van der Waals surface area contributed by atoms with Gasteiger partial charge in [0.1, 0.15) is 5.82 Å². The van der Waals surface area contributed by atoms with Crippen molar-refractivity contribution in [2.45, 2.75) is 50.2 Å². The van der Waals surface area contributed by atoms with E-state index in [1.54, 1.807) is 12.3 Å². The Morgan fingerprint density at radius 1 is 1.13 bits per heavy atom. The van der Waals surface area contributed by atoms with Crippen molar-refractivity contribution >= 4 is 16.9 Å². The molecular formula is C21H22F3N5O. The summed E-state index contributed by atoms with van der Waals surface area (Å²) in [5, 5.41) is 6.49. The highest BCUT2D eigenvalue weighted by Gasteiger charge is 2.34. The zero-order valence-corrected chi connectivity index (χ0v) is 16.3. The fourth-order valence-corrected chi connectivity index (χ4v) is 4.51. The largest absolute Gasteiger partial charge is 0.416 e. The lowest BCUT2D eigenvalue weighted by Crippen LogP contribution is -2.39. The van der Waals surface area contributed by atoms with Crippen LogP contribution in [-0.4, -0.2) is 43.6 Å². The van der Waals surface area contributed by atoms with Crippen molar-refractivity contribution < 1.29 is 18.0 Å². The van der Waals surface area contributed by atoms with Crippen molar-refractivity contribution in [3.05, 3.63) is 47.5 Å². The smallest absolute Gasteiger partial charge is 0.338 e. The van der Waals surface area contributed by atoms with Crippen LogP contribution < -0.4 is 0 Å². The van der Waals surface area contributed by atoms with E-state index >= 15 is 0 Å². The summed E-state index contributed by atoms with van der Waals surface area (Å²) in [4.78, 5) is 19.0. The number of imidazole rings is 1. The van der Waals surface area contributed by atoms with Crippen molar-refractivity contribution in [3.63, 3.8) is 0 Å². The zero-order valence-electron chi connectivity index (χ0n) is 16.3. The Morgan fingerprint density at radius 3 is 2.50 bits per heavy atom. The molecule has 9 heteroatoms. The molecule has 1 aromatic carbocycles. The van der Waals surface area contributed by atoms with Gasteiger partial charge in [-0.1, -0.05) is 6.42 Å². The number of carbonyl (C=O) groups excluding carboxylic acids is 1. The van der Waals surface area contributed by atoms with Crippen LogP contribution in [0.1, 0.15) is 65.8 Å². The number of carbonyl (C=O) groups is 1. The Balaban J connectivity index is 1.44. The monoisotopic (exact) mass is 417 g/mol. The molecule has 0 unspecified atom stereocenters. The number of aromatic nitrogens is 4. The summed E-state index contributed by atoms with van der Waals surface area (Å²) in [6.07, 6.45) is 3.38. The lowest BCUT2D eigenvalue weighted by Gasteiger charge is -2.35. The van der Waals surface area contributed by atoms with Crippen molar-refractivity contribution in [2.75, 3.05) is 13.1 Å². The van der Waals surface area contributed by atoms with Crippen LogP contribution in [0.15, 0.2) is 30.6 Å². The van der Waals surface area contributed by atoms with Crippen molar-refractivity contribution in [1.29, 1.82) is 0 Å². The van der Waals surface area contributed by atoms with E-state index in [4.69, 9.17) is 0 Å². The van der Waals surface area contributed by atoms with Crippen molar-refractivity contribution in [3.8, 4) is 0 Å². The van der Waals surface area contributed by atoms with E-state index in [0.29, 0.717) is 30.1 Å². The van der Waals surface area contributed by atoms with Gasteiger partial charge in [0, 0.05) is 31.2 Å². The number of halogens is 3. The molecule has 0 atom stereocenters. The number of aromatic amines is 1. The van der Waals surface area contributed by atoms with Gasteiger partial charge in [-0.3, -0.25) is 9.89 Å². The highest BCUT2D eigenvalue weighted by molar-refractivity contribution is 5.93. The van der Waals surface area contributed by atoms with E-state index in [2.05, 4.69) is 19.7 Å². The molecule has 0 bridgehead atoms. The number of fused-ring (bicyclic) bond motifs is 1. The quantitative estimate of drug-likeness (QED) is 0.681. The van der Waals surface area contributed by atoms with E-state index in [9.17, 15) is 18.0 Å². The molecule has 1 aliphatic carbocycles. The minimum atomic E-state index is -4.38. The SMILES string of the molecule is O=C(c1cn[nH]c1)N1CCC(n2c(C3CCC3)nc3cc(C(F)(F)F)ccc32)CC1. The summed E-state index contributed by atoms with van der Waals surface area (Å²) >= 11 is 0. The summed E-state index contributed by atoms with van der Waals surface area (Å²) in [7, 11) is 0. The third kappa shape index (κ3) is 3.26. The Hall–Kier alpha value is -2.84. The topological polar surface area (TPSA) is 66.8 Å². The van der Waals surface area contributed by atoms with Gasteiger partial charge in [-0.15, -0.1) is 0 Å². The summed E-state index contributed by atoms with van der Waals surface area (Å²) in [6.45, 7) is 1.19. The van der Waals surface area contributed by atoms with Crippen LogP contribution in [-0.2, 0) is 6.18 Å². The number of nitrogens with zero attached hydrogens (tertiary/aromatic N) is 4. The predicted molar refractivity (Wildman–Crippen MR) is 104 cm³/mol. The van der Waals surface area contributed by atoms with E-state index < -0.39 is 11.7 Å². The molecule has 30 heavy (non-hydrogen) atoms. The number of piperidine rings is 1. The van der Waals surface area contributed by atoms with Crippen LogP contribution in [0.2, 0.25) is 0 Å². The average molecular weight is 417 g/mol. The first-order valence-electron chi connectivity index (χ1n) is 10.3. The molecule has 6 nitrogen and oxygen atoms in total. The average Bonchev–Trinajstić information content (AvgIpc) is 3.33. The van der Waals surface area contributed by atoms with Crippen LogP contribution in [0.3, 0.4) is 0 Å². The number of hydrogen-bond acceptors (Lipinski definition) is 3.